The van der Waals surface area contributed by atoms with Crippen molar-refractivity contribution in [2.75, 3.05) is 7.11 Å². The van der Waals surface area contributed by atoms with E-state index in [1.165, 1.54) is 13.4 Å². The molecule has 0 atom stereocenters. The monoisotopic (exact) mass is 278 g/mol. The number of hydrogen-bond donors (Lipinski definition) is 1. The lowest BCUT2D eigenvalue weighted by molar-refractivity contribution is 0.408. The van der Waals surface area contributed by atoms with E-state index in [4.69, 9.17) is 4.74 Å². The summed E-state index contributed by atoms with van der Waals surface area (Å²) in [4.78, 5) is 18.4. The molecule has 0 spiro atoms. The van der Waals surface area contributed by atoms with E-state index in [2.05, 4.69) is 22.1 Å². The third-order valence-electron chi connectivity index (χ3n) is 3.28. The van der Waals surface area contributed by atoms with E-state index >= 15 is 0 Å². The summed E-state index contributed by atoms with van der Waals surface area (Å²) in [6.07, 6.45) is 1.38. The quantitative estimate of drug-likeness (QED) is 0.801. The fourth-order valence-corrected chi connectivity index (χ4v) is 2.23. The summed E-state index contributed by atoms with van der Waals surface area (Å²) in [5.74, 6) is 0.227. The van der Waals surface area contributed by atoms with Crippen molar-refractivity contribution in [1.82, 2.24) is 9.97 Å². The Morgan fingerprint density at radius 2 is 1.52 bits per heavy atom. The van der Waals surface area contributed by atoms with E-state index in [1.54, 1.807) is 0 Å². The fourth-order valence-electron chi connectivity index (χ4n) is 2.23. The molecule has 2 aromatic carbocycles. The summed E-state index contributed by atoms with van der Waals surface area (Å²) < 4.78 is 5.14. The highest BCUT2D eigenvalue weighted by Crippen LogP contribution is 2.27. The number of methoxy groups -OCH3 is 1. The Labute approximate surface area is 122 Å². The molecular weight excluding hydrogens is 264 g/mol. The highest BCUT2D eigenvalue weighted by Gasteiger charge is 2.11. The molecular formula is C17H14N2O2. The van der Waals surface area contributed by atoms with E-state index in [9.17, 15) is 4.79 Å². The normalized spacial score (nSPS) is 10.3. The van der Waals surface area contributed by atoms with Crippen LogP contribution in [0.4, 0.5) is 0 Å². The number of hydrogen-bond acceptors (Lipinski definition) is 3. The van der Waals surface area contributed by atoms with Gasteiger partial charge in [0.2, 0.25) is 5.75 Å². The van der Waals surface area contributed by atoms with Crippen molar-refractivity contribution in [2.24, 2.45) is 0 Å². The average Bonchev–Trinajstić information content (AvgIpc) is 2.55. The lowest BCUT2D eigenvalue weighted by Crippen LogP contribution is -2.11. The zero-order chi connectivity index (χ0) is 14.7. The number of rotatable bonds is 3. The van der Waals surface area contributed by atoms with Gasteiger partial charge in [0.1, 0.15) is 5.69 Å². The second-order valence-corrected chi connectivity index (χ2v) is 4.56. The van der Waals surface area contributed by atoms with Crippen LogP contribution >= 0.6 is 0 Å². The van der Waals surface area contributed by atoms with Crippen molar-refractivity contribution < 1.29 is 4.74 Å². The molecule has 0 aliphatic heterocycles. The first-order chi connectivity index (χ1) is 10.3. The minimum Gasteiger partial charge on any atom is -0.490 e. The molecule has 0 aliphatic carbocycles. The van der Waals surface area contributed by atoms with Gasteiger partial charge in [0.15, 0.2) is 0 Å². The second kappa shape index (κ2) is 5.63. The Morgan fingerprint density at radius 1 is 0.905 bits per heavy atom. The van der Waals surface area contributed by atoms with Gasteiger partial charge in [0.25, 0.3) is 5.56 Å². The van der Waals surface area contributed by atoms with Crippen LogP contribution in [0.2, 0.25) is 0 Å². The molecule has 21 heavy (non-hydrogen) atoms. The van der Waals surface area contributed by atoms with E-state index in [1.807, 2.05) is 42.5 Å². The topological polar surface area (TPSA) is 55.0 Å². The summed E-state index contributed by atoms with van der Waals surface area (Å²) in [7, 11) is 1.47. The van der Waals surface area contributed by atoms with Crippen LogP contribution in [0.3, 0.4) is 0 Å². The summed E-state index contributed by atoms with van der Waals surface area (Å²) in [5, 5.41) is 0. The Bertz CT molecular complexity index is 793. The molecule has 4 nitrogen and oxygen atoms in total. The number of aromatic amines is 1. The first-order valence-electron chi connectivity index (χ1n) is 6.57. The SMILES string of the molecule is COc1c(-c2ccc(-c3ccccc3)cc2)nc[nH]c1=O. The molecule has 0 saturated heterocycles. The lowest BCUT2D eigenvalue weighted by Gasteiger charge is -2.07. The molecule has 104 valence electrons. The molecule has 0 amide bonds. The van der Waals surface area contributed by atoms with Crippen molar-refractivity contribution in [2.45, 2.75) is 0 Å². The van der Waals surface area contributed by atoms with Crippen molar-refractivity contribution in [1.29, 1.82) is 0 Å². The zero-order valence-electron chi connectivity index (χ0n) is 11.5. The van der Waals surface area contributed by atoms with Gasteiger partial charge in [-0.05, 0) is 11.1 Å². The Morgan fingerprint density at radius 3 is 2.19 bits per heavy atom. The number of benzene rings is 2. The first-order valence-corrected chi connectivity index (χ1v) is 6.57. The van der Waals surface area contributed by atoms with Gasteiger partial charge < -0.3 is 9.72 Å². The maximum atomic E-state index is 11.7. The molecule has 3 aromatic rings. The van der Waals surface area contributed by atoms with E-state index in [-0.39, 0.29) is 11.3 Å². The fraction of sp³-hybridized carbons (Fsp3) is 0.0588. The van der Waals surface area contributed by atoms with E-state index in [0.717, 1.165) is 16.7 Å². The van der Waals surface area contributed by atoms with Crippen LogP contribution in [0.1, 0.15) is 0 Å². The smallest absolute Gasteiger partial charge is 0.293 e. The summed E-state index contributed by atoms with van der Waals surface area (Å²) in [6.45, 7) is 0. The minimum atomic E-state index is -0.283. The molecule has 4 heteroatoms. The third-order valence-corrected chi connectivity index (χ3v) is 3.28. The Hall–Kier alpha value is -2.88. The van der Waals surface area contributed by atoms with Gasteiger partial charge in [0.05, 0.1) is 13.4 Å². The molecule has 3 rings (SSSR count). The van der Waals surface area contributed by atoms with Gasteiger partial charge in [-0.15, -0.1) is 0 Å². The average molecular weight is 278 g/mol. The number of aromatic nitrogens is 2. The Kier molecular flexibility index (Phi) is 3.51. The predicted molar refractivity (Wildman–Crippen MR) is 82.3 cm³/mol. The highest BCUT2D eigenvalue weighted by molar-refractivity contribution is 5.71. The number of nitrogens with zero attached hydrogens (tertiary/aromatic N) is 1. The highest BCUT2D eigenvalue weighted by atomic mass is 16.5. The van der Waals surface area contributed by atoms with Crippen molar-refractivity contribution >= 4 is 0 Å². The lowest BCUT2D eigenvalue weighted by atomic mass is 10.0. The van der Waals surface area contributed by atoms with Gasteiger partial charge in [-0.3, -0.25) is 4.79 Å². The largest absolute Gasteiger partial charge is 0.490 e. The van der Waals surface area contributed by atoms with Crippen LogP contribution in [0, 0.1) is 0 Å². The molecule has 0 fully saturated rings. The molecule has 0 aliphatic rings. The second-order valence-electron chi connectivity index (χ2n) is 4.56. The van der Waals surface area contributed by atoms with Gasteiger partial charge in [-0.2, -0.15) is 0 Å². The van der Waals surface area contributed by atoms with Crippen molar-refractivity contribution in [3.8, 4) is 28.1 Å². The van der Waals surface area contributed by atoms with Gasteiger partial charge >= 0.3 is 0 Å². The molecule has 0 bridgehead atoms. The molecule has 0 unspecified atom stereocenters. The summed E-state index contributed by atoms with van der Waals surface area (Å²) in [5.41, 5.74) is 3.37. The summed E-state index contributed by atoms with van der Waals surface area (Å²) in [6, 6.07) is 18.0. The van der Waals surface area contributed by atoms with Crippen molar-refractivity contribution in [3.05, 3.63) is 71.3 Å². The van der Waals surface area contributed by atoms with Crippen LogP contribution in [-0.4, -0.2) is 17.1 Å². The van der Waals surface area contributed by atoms with E-state index < -0.39 is 0 Å². The number of H-pyrrole nitrogens is 1. The maximum absolute atomic E-state index is 11.7. The number of nitrogens with one attached hydrogen (secondary N) is 1. The third kappa shape index (κ3) is 2.56. The maximum Gasteiger partial charge on any atom is 0.293 e. The molecule has 1 aromatic heterocycles. The zero-order valence-corrected chi connectivity index (χ0v) is 11.5. The minimum absolute atomic E-state index is 0.227. The first kappa shape index (κ1) is 13.1. The molecule has 0 saturated carbocycles. The molecule has 0 radical (unpaired) electrons. The van der Waals surface area contributed by atoms with Crippen molar-refractivity contribution in [3.63, 3.8) is 0 Å². The van der Waals surface area contributed by atoms with E-state index in [0.29, 0.717) is 5.69 Å². The number of ether oxygens (including phenoxy) is 1. The molecule has 1 N–H and O–H groups in total. The Balaban J connectivity index is 2.03. The predicted octanol–water partition coefficient (Wildman–Crippen LogP) is 3.11. The van der Waals surface area contributed by atoms with Crippen LogP contribution in [-0.2, 0) is 0 Å². The van der Waals surface area contributed by atoms with Gasteiger partial charge in [-0.25, -0.2) is 4.98 Å². The summed E-state index contributed by atoms with van der Waals surface area (Å²) >= 11 is 0. The van der Waals surface area contributed by atoms with Crippen LogP contribution in [0.5, 0.6) is 5.75 Å². The van der Waals surface area contributed by atoms with Crippen LogP contribution in [0.25, 0.3) is 22.4 Å². The van der Waals surface area contributed by atoms with Gasteiger partial charge in [-0.1, -0.05) is 54.6 Å². The van der Waals surface area contributed by atoms with Crippen LogP contribution in [0.15, 0.2) is 65.7 Å². The molecule has 1 heterocycles. The van der Waals surface area contributed by atoms with Gasteiger partial charge in [0, 0.05) is 5.56 Å². The van der Waals surface area contributed by atoms with Crippen LogP contribution < -0.4 is 10.3 Å². The standard InChI is InChI=1S/C17H14N2O2/c1-21-16-15(18-11-19-17(16)20)14-9-7-13(8-10-14)12-5-3-2-4-6-12/h2-11H,1H3,(H,18,19,20).